The van der Waals surface area contributed by atoms with Crippen LogP contribution in [0.1, 0.15) is 17.2 Å². The molecule has 4 heteroatoms. The van der Waals surface area contributed by atoms with Gasteiger partial charge in [-0.2, -0.15) is 5.26 Å². The summed E-state index contributed by atoms with van der Waals surface area (Å²) in [4.78, 5) is 0. The van der Waals surface area contributed by atoms with Crippen LogP contribution in [0.2, 0.25) is 0 Å². The fourth-order valence-corrected chi connectivity index (χ4v) is 1.96. The van der Waals surface area contributed by atoms with E-state index in [1.807, 2.05) is 0 Å². The molecular formula is C9H7BrN2O. The smallest absolute Gasteiger partial charge is 0.138 e. The van der Waals surface area contributed by atoms with E-state index in [-0.39, 0.29) is 6.04 Å². The number of nitrogens with zero attached hydrogens (tertiary/aromatic N) is 1. The Labute approximate surface area is 84.2 Å². The summed E-state index contributed by atoms with van der Waals surface area (Å²) in [5, 5.41) is 8.73. The minimum Gasteiger partial charge on any atom is -0.490 e. The molecule has 0 radical (unpaired) electrons. The summed E-state index contributed by atoms with van der Waals surface area (Å²) in [5.74, 6) is 0.770. The number of ether oxygens (including phenoxy) is 1. The molecule has 0 amide bonds. The zero-order chi connectivity index (χ0) is 9.42. The second kappa shape index (κ2) is 3.02. The van der Waals surface area contributed by atoms with Crippen LogP contribution in [0, 0.1) is 11.3 Å². The summed E-state index contributed by atoms with van der Waals surface area (Å²) < 4.78 is 6.16. The van der Waals surface area contributed by atoms with E-state index in [2.05, 4.69) is 22.0 Å². The molecule has 1 aromatic carbocycles. The lowest BCUT2D eigenvalue weighted by atomic mass is 10.1. The number of benzene rings is 1. The third-order valence-electron chi connectivity index (χ3n) is 2.01. The van der Waals surface area contributed by atoms with Gasteiger partial charge in [-0.25, -0.2) is 0 Å². The summed E-state index contributed by atoms with van der Waals surface area (Å²) in [5.41, 5.74) is 7.30. The molecule has 1 aliphatic heterocycles. The molecule has 2 N–H and O–H groups in total. The third kappa shape index (κ3) is 1.30. The number of hydrogen-bond acceptors (Lipinski definition) is 3. The predicted molar refractivity (Wildman–Crippen MR) is 51.3 cm³/mol. The van der Waals surface area contributed by atoms with E-state index in [4.69, 9.17) is 15.7 Å². The van der Waals surface area contributed by atoms with Crippen molar-refractivity contribution in [2.45, 2.75) is 6.04 Å². The van der Waals surface area contributed by atoms with E-state index < -0.39 is 0 Å². The van der Waals surface area contributed by atoms with E-state index in [9.17, 15) is 0 Å². The molecule has 13 heavy (non-hydrogen) atoms. The van der Waals surface area contributed by atoms with Gasteiger partial charge in [0.25, 0.3) is 0 Å². The zero-order valence-corrected chi connectivity index (χ0v) is 8.34. The van der Waals surface area contributed by atoms with Crippen molar-refractivity contribution in [3.8, 4) is 11.8 Å². The molecule has 0 aromatic heterocycles. The van der Waals surface area contributed by atoms with Crippen molar-refractivity contribution in [3.63, 3.8) is 0 Å². The summed E-state index contributed by atoms with van der Waals surface area (Å²) >= 11 is 3.33. The Kier molecular flexibility index (Phi) is 1.98. The first-order valence-electron chi connectivity index (χ1n) is 3.84. The topological polar surface area (TPSA) is 59.0 Å². The first-order chi connectivity index (χ1) is 6.22. The highest BCUT2D eigenvalue weighted by molar-refractivity contribution is 9.10. The number of fused-ring (bicyclic) bond motifs is 1. The Morgan fingerprint density at radius 1 is 1.62 bits per heavy atom. The van der Waals surface area contributed by atoms with E-state index in [0.717, 1.165) is 15.8 Å². The molecule has 0 saturated heterocycles. The molecule has 1 heterocycles. The Morgan fingerprint density at radius 3 is 3.08 bits per heavy atom. The molecular weight excluding hydrogens is 232 g/mol. The van der Waals surface area contributed by atoms with Crippen LogP contribution in [0.5, 0.6) is 5.75 Å². The van der Waals surface area contributed by atoms with E-state index in [1.54, 1.807) is 12.1 Å². The van der Waals surface area contributed by atoms with Gasteiger partial charge in [-0.1, -0.05) is 0 Å². The molecule has 1 aliphatic rings. The van der Waals surface area contributed by atoms with Crippen molar-refractivity contribution in [1.82, 2.24) is 0 Å². The predicted octanol–water partition coefficient (Wildman–Crippen LogP) is 1.71. The number of hydrogen-bond donors (Lipinski definition) is 1. The van der Waals surface area contributed by atoms with Crippen LogP contribution in [0.3, 0.4) is 0 Å². The zero-order valence-electron chi connectivity index (χ0n) is 6.75. The summed E-state index contributed by atoms with van der Waals surface area (Å²) in [6.45, 7) is 0.489. The summed E-state index contributed by atoms with van der Waals surface area (Å²) in [6, 6.07) is 5.47. The van der Waals surface area contributed by atoms with Crippen molar-refractivity contribution in [2.24, 2.45) is 5.73 Å². The fraction of sp³-hybridized carbons (Fsp3) is 0.222. The molecule has 0 saturated carbocycles. The molecule has 1 atom stereocenters. The molecule has 1 aromatic rings. The van der Waals surface area contributed by atoms with Gasteiger partial charge in [0.2, 0.25) is 0 Å². The molecule has 3 nitrogen and oxygen atoms in total. The molecule has 0 unspecified atom stereocenters. The average Bonchev–Trinajstić information content (AvgIpc) is 2.48. The standard InChI is InChI=1S/C9H7BrN2O/c10-7-2-5(3-11)1-6-8(12)4-13-9(6)7/h1-2,8H,4,12H2/t8-/m1/s1. The van der Waals surface area contributed by atoms with Crippen LogP contribution in [0.4, 0.5) is 0 Å². The summed E-state index contributed by atoms with van der Waals surface area (Å²) in [7, 11) is 0. The highest BCUT2D eigenvalue weighted by atomic mass is 79.9. The van der Waals surface area contributed by atoms with Gasteiger partial charge in [0.05, 0.1) is 22.1 Å². The molecule has 66 valence electrons. The van der Waals surface area contributed by atoms with Crippen molar-refractivity contribution in [3.05, 3.63) is 27.7 Å². The summed E-state index contributed by atoms with van der Waals surface area (Å²) in [6.07, 6.45) is 0. The maximum atomic E-state index is 8.73. The van der Waals surface area contributed by atoms with Crippen LogP contribution in [-0.2, 0) is 0 Å². The lowest BCUT2D eigenvalue weighted by molar-refractivity contribution is 0.331. The maximum Gasteiger partial charge on any atom is 0.138 e. The van der Waals surface area contributed by atoms with Crippen LogP contribution in [0.25, 0.3) is 0 Å². The first-order valence-corrected chi connectivity index (χ1v) is 4.63. The maximum absolute atomic E-state index is 8.73. The van der Waals surface area contributed by atoms with Gasteiger partial charge < -0.3 is 10.5 Å². The SMILES string of the molecule is N#Cc1cc(Br)c2c(c1)[C@H](N)CO2. The molecule has 2 rings (SSSR count). The van der Waals surface area contributed by atoms with Gasteiger partial charge in [-0.15, -0.1) is 0 Å². The van der Waals surface area contributed by atoms with E-state index >= 15 is 0 Å². The van der Waals surface area contributed by atoms with Gasteiger partial charge >= 0.3 is 0 Å². The Balaban J connectivity index is 2.61. The van der Waals surface area contributed by atoms with E-state index in [1.165, 1.54) is 0 Å². The molecule has 0 bridgehead atoms. The highest BCUT2D eigenvalue weighted by Crippen LogP contribution is 2.38. The fourth-order valence-electron chi connectivity index (χ4n) is 1.37. The molecule has 0 aliphatic carbocycles. The minimum atomic E-state index is -0.111. The highest BCUT2D eigenvalue weighted by Gasteiger charge is 2.23. The largest absolute Gasteiger partial charge is 0.490 e. The Bertz CT molecular complexity index is 397. The van der Waals surface area contributed by atoms with E-state index in [0.29, 0.717) is 12.2 Å². The molecule has 0 fully saturated rings. The van der Waals surface area contributed by atoms with Crippen LogP contribution >= 0.6 is 15.9 Å². The first kappa shape index (κ1) is 8.54. The third-order valence-corrected chi connectivity index (χ3v) is 2.60. The number of nitriles is 1. The van der Waals surface area contributed by atoms with Crippen LogP contribution in [0.15, 0.2) is 16.6 Å². The number of nitrogens with two attached hydrogens (primary N) is 1. The Hall–Kier alpha value is -1.05. The van der Waals surface area contributed by atoms with Crippen molar-refractivity contribution >= 4 is 15.9 Å². The molecule has 0 spiro atoms. The lowest BCUT2D eigenvalue weighted by Gasteiger charge is -2.02. The van der Waals surface area contributed by atoms with Gasteiger partial charge in [0, 0.05) is 5.56 Å². The number of halogens is 1. The monoisotopic (exact) mass is 238 g/mol. The second-order valence-corrected chi connectivity index (χ2v) is 3.76. The van der Waals surface area contributed by atoms with Crippen molar-refractivity contribution in [2.75, 3.05) is 6.61 Å². The van der Waals surface area contributed by atoms with Gasteiger partial charge in [-0.05, 0) is 28.1 Å². The second-order valence-electron chi connectivity index (χ2n) is 2.91. The van der Waals surface area contributed by atoms with Crippen molar-refractivity contribution in [1.29, 1.82) is 5.26 Å². The number of rotatable bonds is 0. The van der Waals surface area contributed by atoms with Crippen molar-refractivity contribution < 1.29 is 4.74 Å². The van der Waals surface area contributed by atoms with Gasteiger partial charge in [-0.3, -0.25) is 0 Å². The van der Waals surface area contributed by atoms with Gasteiger partial charge in [0.1, 0.15) is 12.4 Å². The van der Waals surface area contributed by atoms with Crippen LogP contribution < -0.4 is 10.5 Å². The minimum absolute atomic E-state index is 0.111. The quantitative estimate of drug-likeness (QED) is 0.749. The lowest BCUT2D eigenvalue weighted by Crippen LogP contribution is -2.10. The van der Waals surface area contributed by atoms with Gasteiger partial charge in [0.15, 0.2) is 0 Å². The normalized spacial score (nSPS) is 19.0. The Morgan fingerprint density at radius 2 is 2.38 bits per heavy atom. The average molecular weight is 239 g/mol. The van der Waals surface area contributed by atoms with Crippen LogP contribution in [-0.4, -0.2) is 6.61 Å².